The molecule has 25 heavy (non-hydrogen) atoms. The van der Waals surface area contributed by atoms with Gasteiger partial charge in [-0.2, -0.15) is 18.2 Å². The van der Waals surface area contributed by atoms with Crippen LogP contribution >= 0.6 is 0 Å². The van der Waals surface area contributed by atoms with Gasteiger partial charge in [0, 0.05) is 31.7 Å². The van der Waals surface area contributed by atoms with E-state index in [0.29, 0.717) is 11.5 Å². The van der Waals surface area contributed by atoms with E-state index in [-0.39, 0.29) is 11.9 Å². The molecule has 1 aliphatic rings. The summed E-state index contributed by atoms with van der Waals surface area (Å²) in [6.45, 7) is 8.91. The van der Waals surface area contributed by atoms with E-state index in [9.17, 15) is 13.2 Å². The fraction of sp³-hybridized carbons (Fsp3) is 0.529. The fourth-order valence-electron chi connectivity index (χ4n) is 2.98. The molecule has 3 rings (SSSR count). The van der Waals surface area contributed by atoms with E-state index >= 15 is 0 Å². The summed E-state index contributed by atoms with van der Waals surface area (Å²) in [6.07, 6.45) is -4.39. The van der Waals surface area contributed by atoms with Crippen molar-refractivity contribution in [3.05, 3.63) is 35.7 Å². The zero-order chi connectivity index (χ0) is 18.0. The molecule has 0 bridgehead atoms. The van der Waals surface area contributed by atoms with Crippen molar-refractivity contribution in [1.82, 2.24) is 19.9 Å². The minimum atomic E-state index is -4.39. The molecule has 0 spiro atoms. The molecule has 1 fully saturated rings. The molecule has 0 N–H and O–H groups in total. The Bertz CT molecular complexity index is 708. The number of benzene rings is 1. The molecule has 0 radical (unpaired) electrons. The van der Waals surface area contributed by atoms with E-state index in [1.807, 2.05) is 6.92 Å². The molecule has 1 atom stereocenters. The normalized spacial score (nSPS) is 18.4. The smallest absolute Gasteiger partial charge is 0.337 e. The van der Waals surface area contributed by atoms with Crippen molar-refractivity contribution in [2.75, 3.05) is 32.7 Å². The summed E-state index contributed by atoms with van der Waals surface area (Å²) in [4.78, 5) is 8.93. The number of hydrogen-bond donors (Lipinski definition) is 0. The lowest BCUT2D eigenvalue weighted by Crippen LogP contribution is -2.46. The predicted octanol–water partition coefficient (Wildman–Crippen LogP) is 3.45. The van der Waals surface area contributed by atoms with Crippen molar-refractivity contribution in [3.63, 3.8) is 0 Å². The predicted molar refractivity (Wildman–Crippen MR) is 86.8 cm³/mol. The Balaban J connectivity index is 1.74. The molecule has 136 valence electrons. The Hall–Kier alpha value is -1.93. The average molecular weight is 354 g/mol. The van der Waals surface area contributed by atoms with Crippen LogP contribution in [0, 0.1) is 0 Å². The number of nitrogens with zero attached hydrogens (tertiary/aromatic N) is 4. The second kappa shape index (κ2) is 7.13. The van der Waals surface area contributed by atoms with Gasteiger partial charge in [-0.15, -0.1) is 0 Å². The standard InChI is InChI=1S/C17H21F3N4O/c1-3-23-7-9-24(10-8-23)12(2)16-21-15(22-25-16)13-5-4-6-14(11-13)17(18,19)20/h4-6,11-12H,3,7-10H2,1-2H3. The van der Waals surface area contributed by atoms with Crippen LogP contribution in [0.3, 0.4) is 0 Å². The molecule has 1 aliphatic heterocycles. The van der Waals surface area contributed by atoms with Crippen LogP contribution in [-0.2, 0) is 6.18 Å². The first-order valence-corrected chi connectivity index (χ1v) is 8.36. The molecule has 5 nitrogen and oxygen atoms in total. The molecule has 1 saturated heterocycles. The Morgan fingerprint density at radius 2 is 1.92 bits per heavy atom. The van der Waals surface area contributed by atoms with Crippen LogP contribution < -0.4 is 0 Å². The molecular weight excluding hydrogens is 333 g/mol. The SMILES string of the molecule is CCN1CCN(C(C)c2nc(-c3cccc(C(F)(F)F)c3)no2)CC1. The molecule has 2 aromatic rings. The average Bonchev–Trinajstić information content (AvgIpc) is 3.11. The third-order valence-electron chi connectivity index (χ3n) is 4.65. The Labute approximate surface area is 144 Å². The number of aromatic nitrogens is 2. The second-order valence-electron chi connectivity index (χ2n) is 6.18. The van der Waals surface area contributed by atoms with E-state index in [1.54, 1.807) is 6.07 Å². The van der Waals surface area contributed by atoms with Crippen LogP contribution in [-0.4, -0.2) is 52.7 Å². The number of rotatable bonds is 4. The molecule has 8 heteroatoms. The van der Waals surface area contributed by atoms with Crippen LogP contribution in [0.15, 0.2) is 28.8 Å². The summed E-state index contributed by atoms with van der Waals surface area (Å²) >= 11 is 0. The highest BCUT2D eigenvalue weighted by Crippen LogP contribution is 2.32. The van der Waals surface area contributed by atoms with Crippen LogP contribution in [0.2, 0.25) is 0 Å². The van der Waals surface area contributed by atoms with Crippen molar-refractivity contribution < 1.29 is 17.7 Å². The molecule has 0 aliphatic carbocycles. The van der Waals surface area contributed by atoms with Gasteiger partial charge < -0.3 is 9.42 Å². The number of alkyl halides is 3. The monoisotopic (exact) mass is 354 g/mol. The quantitative estimate of drug-likeness (QED) is 0.841. The lowest BCUT2D eigenvalue weighted by atomic mass is 10.1. The molecule has 1 unspecified atom stereocenters. The van der Waals surface area contributed by atoms with Crippen molar-refractivity contribution in [2.45, 2.75) is 26.1 Å². The highest BCUT2D eigenvalue weighted by atomic mass is 19.4. The van der Waals surface area contributed by atoms with Gasteiger partial charge in [0.15, 0.2) is 0 Å². The summed E-state index contributed by atoms with van der Waals surface area (Å²) in [5, 5.41) is 3.87. The van der Waals surface area contributed by atoms with E-state index < -0.39 is 11.7 Å². The summed E-state index contributed by atoms with van der Waals surface area (Å²) in [5.74, 6) is 0.609. The highest BCUT2D eigenvalue weighted by Gasteiger charge is 2.31. The summed E-state index contributed by atoms with van der Waals surface area (Å²) in [5.41, 5.74) is -0.423. The van der Waals surface area contributed by atoms with Gasteiger partial charge in [0.2, 0.25) is 11.7 Å². The zero-order valence-corrected chi connectivity index (χ0v) is 14.3. The van der Waals surface area contributed by atoms with Crippen molar-refractivity contribution in [1.29, 1.82) is 0 Å². The minimum Gasteiger partial charge on any atom is -0.337 e. The van der Waals surface area contributed by atoms with E-state index in [1.165, 1.54) is 6.07 Å². The van der Waals surface area contributed by atoms with Gasteiger partial charge in [0.1, 0.15) is 0 Å². The number of hydrogen-bond acceptors (Lipinski definition) is 5. The lowest BCUT2D eigenvalue weighted by Gasteiger charge is -2.36. The first kappa shape index (κ1) is 17.9. The third kappa shape index (κ3) is 4.01. The van der Waals surface area contributed by atoms with Gasteiger partial charge in [-0.25, -0.2) is 0 Å². The zero-order valence-electron chi connectivity index (χ0n) is 14.3. The van der Waals surface area contributed by atoms with Crippen molar-refractivity contribution in [2.24, 2.45) is 0 Å². The van der Waals surface area contributed by atoms with Crippen LogP contribution in [0.5, 0.6) is 0 Å². The molecule has 1 aromatic carbocycles. The first-order valence-electron chi connectivity index (χ1n) is 8.36. The maximum Gasteiger partial charge on any atom is 0.416 e. The van der Waals surface area contributed by atoms with Crippen LogP contribution in [0.4, 0.5) is 13.2 Å². The first-order chi connectivity index (χ1) is 11.9. The minimum absolute atomic E-state index is 0.0638. The van der Waals surface area contributed by atoms with Gasteiger partial charge in [-0.05, 0) is 25.6 Å². The third-order valence-corrected chi connectivity index (χ3v) is 4.65. The summed E-state index contributed by atoms with van der Waals surface area (Å²) in [7, 11) is 0. The number of piperazine rings is 1. The largest absolute Gasteiger partial charge is 0.416 e. The van der Waals surface area contributed by atoms with E-state index in [0.717, 1.165) is 44.9 Å². The van der Waals surface area contributed by atoms with E-state index in [4.69, 9.17) is 4.52 Å². The van der Waals surface area contributed by atoms with Gasteiger partial charge in [-0.1, -0.05) is 24.2 Å². The number of likely N-dealkylation sites (N-methyl/N-ethyl adjacent to an activating group) is 1. The molecule has 2 heterocycles. The van der Waals surface area contributed by atoms with Gasteiger partial charge >= 0.3 is 6.18 Å². The topological polar surface area (TPSA) is 45.4 Å². The summed E-state index contributed by atoms with van der Waals surface area (Å²) in [6, 6.07) is 4.90. The number of halogens is 3. The van der Waals surface area contributed by atoms with Crippen molar-refractivity contribution >= 4 is 0 Å². The summed E-state index contributed by atoms with van der Waals surface area (Å²) < 4.78 is 43.9. The van der Waals surface area contributed by atoms with Gasteiger partial charge in [0.05, 0.1) is 11.6 Å². The fourth-order valence-corrected chi connectivity index (χ4v) is 2.98. The van der Waals surface area contributed by atoms with Crippen LogP contribution in [0.25, 0.3) is 11.4 Å². The second-order valence-corrected chi connectivity index (χ2v) is 6.18. The Morgan fingerprint density at radius 3 is 2.56 bits per heavy atom. The molecule has 0 saturated carbocycles. The van der Waals surface area contributed by atoms with Gasteiger partial charge in [-0.3, -0.25) is 4.90 Å². The molecule has 0 amide bonds. The molecular formula is C17H21F3N4O. The maximum atomic E-state index is 12.8. The molecule has 1 aromatic heterocycles. The lowest BCUT2D eigenvalue weighted by molar-refractivity contribution is -0.137. The Kier molecular flexibility index (Phi) is 5.10. The van der Waals surface area contributed by atoms with Gasteiger partial charge in [0.25, 0.3) is 0 Å². The highest BCUT2D eigenvalue weighted by molar-refractivity contribution is 5.55. The van der Waals surface area contributed by atoms with E-state index in [2.05, 4.69) is 26.9 Å². The van der Waals surface area contributed by atoms with Crippen LogP contribution in [0.1, 0.15) is 31.3 Å². The Morgan fingerprint density at radius 1 is 1.20 bits per heavy atom. The van der Waals surface area contributed by atoms with Crippen molar-refractivity contribution in [3.8, 4) is 11.4 Å². The maximum absolute atomic E-state index is 12.8.